The molecule has 0 aliphatic carbocycles. The minimum Gasteiger partial charge on any atom is -0.395 e. The van der Waals surface area contributed by atoms with Crippen LogP contribution in [0.4, 0.5) is 20.2 Å². The summed E-state index contributed by atoms with van der Waals surface area (Å²) >= 11 is 0. The van der Waals surface area contributed by atoms with Crippen molar-refractivity contribution in [2.75, 3.05) is 41.9 Å². The number of halogens is 2. The summed E-state index contributed by atoms with van der Waals surface area (Å²) in [6.45, 7) is 7.27. The van der Waals surface area contributed by atoms with Crippen LogP contribution in [-0.4, -0.2) is 47.4 Å². The molecule has 31 heavy (non-hydrogen) atoms. The highest BCUT2D eigenvalue weighted by Gasteiger charge is 2.46. The van der Waals surface area contributed by atoms with Crippen molar-refractivity contribution in [2.45, 2.75) is 31.5 Å². The Morgan fingerprint density at radius 3 is 2.74 bits per heavy atom. The molecule has 2 heterocycles. The van der Waals surface area contributed by atoms with Gasteiger partial charge in [0.25, 0.3) is 10.0 Å². The van der Waals surface area contributed by atoms with Gasteiger partial charge < -0.3 is 19.7 Å². The van der Waals surface area contributed by atoms with Crippen molar-refractivity contribution in [2.24, 2.45) is 0 Å². The van der Waals surface area contributed by atoms with Crippen molar-refractivity contribution in [3.05, 3.63) is 42.0 Å². The number of hydrogen-bond donors (Lipinski definition) is 1. The van der Waals surface area contributed by atoms with Crippen molar-refractivity contribution in [3.8, 4) is 11.5 Å². The normalized spacial score (nSPS) is 18.0. The van der Waals surface area contributed by atoms with E-state index < -0.39 is 22.1 Å². The number of fused-ring (bicyclic) bond motifs is 1. The van der Waals surface area contributed by atoms with E-state index in [1.54, 1.807) is 13.0 Å². The lowest BCUT2D eigenvalue weighted by atomic mass is 10.1. The van der Waals surface area contributed by atoms with Crippen LogP contribution in [0.3, 0.4) is 0 Å². The van der Waals surface area contributed by atoms with Crippen LogP contribution in [0.2, 0.25) is 0 Å². The Labute approximate surface area is 180 Å². The molecule has 1 fully saturated rings. The molecular weight excluding hydrogens is 428 g/mol. The minimum absolute atomic E-state index is 0.118. The summed E-state index contributed by atoms with van der Waals surface area (Å²) in [5.74, 6) is -0.777. The lowest BCUT2D eigenvalue weighted by Crippen LogP contribution is -2.32. The van der Waals surface area contributed by atoms with Gasteiger partial charge >= 0.3 is 6.29 Å². The van der Waals surface area contributed by atoms with Crippen molar-refractivity contribution < 1.29 is 26.7 Å². The predicted molar refractivity (Wildman–Crippen MR) is 114 cm³/mol. The molecule has 0 unspecified atom stereocenters. The van der Waals surface area contributed by atoms with Gasteiger partial charge in [0.15, 0.2) is 11.5 Å². The molecule has 0 radical (unpaired) electrons. The zero-order valence-corrected chi connectivity index (χ0v) is 18.2. The number of benzene rings is 2. The lowest BCUT2D eigenvalue weighted by molar-refractivity contribution is -0.287. The number of aryl methyl sites for hydroxylation is 1. The Morgan fingerprint density at radius 1 is 1.16 bits per heavy atom. The van der Waals surface area contributed by atoms with Crippen LogP contribution >= 0.6 is 0 Å². The summed E-state index contributed by atoms with van der Waals surface area (Å²) in [5.41, 5.74) is 2.46. The highest BCUT2D eigenvalue weighted by molar-refractivity contribution is 7.93. The first-order valence-electron chi connectivity index (χ1n) is 10.2. The van der Waals surface area contributed by atoms with Gasteiger partial charge in [0, 0.05) is 31.9 Å². The van der Waals surface area contributed by atoms with Crippen LogP contribution in [0.15, 0.2) is 41.3 Å². The number of rotatable bonds is 5. The van der Waals surface area contributed by atoms with Gasteiger partial charge in [-0.1, -0.05) is 12.1 Å². The Kier molecular flexibility index (Phi) is 5.69. The number of anilines is 2. The van der Waals surface area contributed by atoms with Crippen molar-refractivity contribution in [3.63, 3.8) is 0 Å². The van der Waals surface area contributed by atoms with Crippen LogP contribution in [0.25, 0.3) is 0 Å². The Morgan fingerprint density at radius 2 is 1.97 bits per heavy atom. The van der Waals surface area contributed by atoms with Crippen LogP contribution in [-0.2, 0) is 10.0 Å². The van der Waals surface area contributed by atoms with Gasteiger partial charge in [-0.05, 0) is 56.6 Å². The zero-order chi connectivity index (χ0) is 22.2. The average Bonchev–Trinajstić information content (AvgIpc) is 2.87. The summed E-state index contributed by atoms with van der Waals surface area (Å²) in [7, 11) is -4.18. The topological polar surface area (TPSA) is 71.1 Å². The van der Waals surface area contributed by atoms with E-state index in [0.717, 1.165) is 43.9 Å². The van der Waals surface area contributed by atoms with Crippen LogP contribution in [0.1, 0.15) is 18.9 Å². The molecule has 2 aliphatic rings. The van der Waals surface area contributed by atoms with Gasteiger partial charge in [-0.2, -0.15) is 0 Å². The summed E-state index contributed by atoms with van der Waals surface area (Å²) in [4.78, 5) is 1.88. The summed E-state index contributed by atoms with van der Waals surface area (Å²) in [6, 6.07) is 9.31. The maximum atomic E-state index is 13.6. The first kappa shape index (κ1) is 21.6. The largest absolute Gasteiger partial charge is 0.586 e. The third-order valence-electron chi connectivity index (χ3n) is 5.41. The van der Waals surface area contributed by atoms with E-state index in [0.29, 0.717) is 5.69 Å². The number of nitrogens with zero attached hydrogens (tertiary/aromatic N) is 2. The van der Waals surface area contributed by atoms with E-state index in [9.17, 15) is 17.2 Å². The molecule has 2 aliphatic heterocycles. The van der Waals surface area contributed by atoms with Gasteiger partial charge in [-0.15, -0.1) is 8.78 Å². The zero-order valence-electron chi connectivity index (χ0n) is 17.4. The molecule has 0 aromatic heterocycles. The third kappa shape index (κ3) is 4.14. The molecule has 10 heteroatoms. The fraction of sp³-hybridized carbons (Fsp3) is 0.429. The second-order valence-electron chi connectivity index (χ2n) is 7.48. The number of para-hydroxylation sites is 1. The smallest absolute Gasteiger partial charge is 0.395 e. The molecule has 2 aromatic rings. The fourth-order valence-corrected chi connectivity index (χ4v) is 5.53. The minimum atomic E-state index is -4.18. The molecule has 7 nitrogen and oxygen atoms in total. The number of sulfonamides is 1. The summed E-state index contributed by atoms with van der Waals surface area (Å²) < 4.78 is 64.3. The van der Waals surface area contributed by atoms with Crippen LogP contribution in [0.5, 0.6) is 11.5 Å². The van der Waals surface area contributed by atoms with Gasteiger partial charge in [0.2, 0.25) is 0 Å². The summed E-state index contributed by atoms with van der Waals surface area (Å²) in [6.07, 6.45) is -2.91. The van der Waals surface area contributed by atoms with E-state index in [1.165, 1.54) is 22.5 Å². The molecule has 1 saturated heterocycles. The highest BCUT2D eigenvalue weighted by Crippen LogP contribution is 2.46. The van der Waals surface area contributed by atoms with E-state index in [1.807, 2.05) is 19.1 Å². The SMILES string of the molecule is CCN(c1ccc(C)c(N2CCCNCC2)c1)S(=O)(=O)c1cccc2c1OC(F)(F)O2. The molecule has 0 saturated carbocycles. The monoisotopic (exact) mass is 453 g/mol. The van der Waals surface area contributed by atoms with Crippen LogP contribution < -0.4 is 24.0 Å². The second kappa shape index (κ2) is 8.16. The number of hydrogen-bond acceptors (Lipinski definition) is 6. The Bertz CT molecular complexity index is 1070. The molecule has 168 valence electrons. The van der Waals surface area contributed by atoms with Crippen molar-refractivity contribution in [1.82, 2.24) is 5.32 Å². The Hall–Kier alpha value is -2.59. The van der Waals surface area contributed by atoms with Gasteiger partial charge in [0.1, 0.15) is 4.90 Å². The van der Waals surface area contributed by atoms with Gasteiger partial charge in [-0.25, -0.2) is 8.42 Å². The highest BCUT2D eigenvalue weighted by atomic mass is 32.2. The average molecular weight is 454 g/mol. The third-order valence-corrected chi connectivity index (χ3v) is 7.34. The first-order valence-corrected chi connectivity index (χ1v) is 11.6. The predicted octanol–water partition coefficient (Wildman–Crippen LogP) is 3.33. The van der Waals surface area contributed by atoms with E-state index in [4.69, 9.17) is 0 Å². The van der Waals surface area contributed by atoms with Crippen molar-refractivity contribution in [1.29, 1.82) is 0 Å². The van der Waals surface area contributed by atoms with E-state index >= 15 is 0 Å². The van der Waals surface area contributed by atoms with Gasteiger partial charge in [-0.3, -0.25) is 4.31 Å². The van der Waals surface area contributed by atoms with Gasteiger partial charge in [0.05, 0.1) is 5.69 Å². The maximum Gasteiger partial charge on any atom is 0.586 e. The lowest BCUT2D eigenvalue weighted by Gasteiger charge is -2.28. The van der Waals surface area contributed by atoms with Crippen LogP contribution in [0, 0.1) is 6.92 Å². The first-order chi connectivity index (χ1) is 14.7. The molecular formula is C21H25F2N3O4S. The standard InChI is InChI=1S/C21H25F2N3O4S/c1-3-26(16-9-8-15(2)17(14-16)25-12-5-10-24-11-13-25)31(27,28)19-7-4-6-18-20(19)30-21(22,23)29-18/h4,6-9,14,24H,3,5,10-13H2,1-2H3. The van der Waals surface area contributed by atoms with E-state index in [2.05, 4.69) is 19.7 Å². The van der Waals surface area contributed by atoms with E-state index in [-0.39, 0.29) is 17.2 Å². The molecule has 0 atom stereocenters. The fourth-order valence-electron chi connectivity index (χ4n) is 3.94. The molecule has 4 rings (SSSR count). The van der Waals surface area contributed by atoms with Crippen molar-refractivity contribution >= 4 is 21.4 Å². The summed E-state index contributed by atoms with van der Waals surface area (Å²) in [5, 5.41) is 3.36. The Balaban J connectivity index is 1.73. The molecule has 0 amide bonds. The molecule has 0 bridgehead atoms. The quantitative estimate of drug-likeness (QED) is 0.749. The number of ether oxygens (including phenoxy) is 2. The number of alkyl halides is 2. The molecule has 2 aromatic carbocycles. The maximum absolute atomic E-state index is 13.6. The second-order valence-corrected chi connectivity index (χ2v) is 9.31. The molecule has 0 spiro atoms. The molecule has 1 N–H and O–H groups in total. The number of nitrogens with one attached hydrogen (secondary N) is 1.